The van der Waals surface area contributed by atoms with Crippen LogP contribution in [-0.2, 0) is 6.42 Å². The fourth-order valence-corrected chi connectivity index (χ4v) is 4.33. The predicted molar refractivity (Wildman–Crippen MR) is 120 cm³/mol. The summed E-state index contributed by atoms with van der Waals surface area (Å²) < 4.78 is 1.30. The molecule has 0 aliphatic heterocycles. The van der Waals surface area contributed by atoms with Gasteiger partial charge in [-0.15, -0.1) is 11.3 Å². The number of aromatic nitrogens is 3. The van der Waals surface area contributed by atoms with E-state index in [2.05, 4.69) is 49.9 Å². The number of H-pyrrole nitrogens is 1. The van der Waals surface area contributed by atoms with Gasteiger partial charge in [-0.2, -0.15) is 0 Å². The van der Waals surface area contributed by atoms with Crippen molar-refractivity contribution < 1.29 is 9.90 Å². The van der Waals surface area contributed by atoms with Gasteiger partial charge < -0.3 is 15.4 Å². The maximum atomic E-state index is 11.3. The lowest BCUT2D eigenvalue weighted by Crippen LogP contribution is -2.08. The Hall–Kier alpha value is -3.71. The Morgan fingerprint density at radius 3 is 2.97 bits per heavy atom. The van der Waals surface area contributed by atoms with Gasteiger partial charge in [0.05, 0.1) is 11.3 Å². The second kappa shape index (κ2) is 7.61. The van der Waals surface area contributed by atoms with Crippen LogP contribution in [0.5, 0.6) is 0 Å². The molecule has 7 heteroatoms. The van der Waals surface area contributed by atoms with E-state index in [0.29, 0.717) is 11.3 Å². The van der Waals surface area contributed by atoms with Crippen LogP contribution < -0.4 is 5.32 Å². The van der Waals surface area contributed by atoms with Gasteiger partial charge in [0.1, 0.15) is 0 Å². The van der Waals surface area contributed by atoms with Gasteiger partial charge >= 0.3 is 5.97 Å². The average Bonchev–Trinajstić information content (AvgIpc) is 3.40. The Labute approximate surface area is 176 Å². The summed E-state index contributed by atoms with van der Waals surface area (Å²) in [5, 5.41) is 16.6. The first-order valence-corrected chi connectivity index (χ1v) is 10.4. The van der Waals surface area contributed by atoms with Gasteiger partial charge in [-0.05, 0) is 47.0 Å². The van der Waals surface area contributed by atoms with Gasteiger partial charge in [-0.25, -0.2) is 14.8 Å². The van der Waals surface area contributed by atoms with Crippen LogP contribution in [0.3, 0.4) is 0 Å². The molecule has 0 saturated heterocycles. The number of benzene rings is 2. The topological polar surface area (TPSA) is 90.9 Å². The van der Waals surface area contributed by atoms with Crippen molar-refractivity contribution in [1.82, 2.24) is 15.0 Å². The molecular weight excluding hydrogens is 396 g/mol. The van der Waals surface area contributed by atoms with Crippen molar-refractivity contribution in [2.45, 2.75) is 6.42 Å². The standard InChI is InChI=1S/C23H18N4O2S/c28-22(29)18-13-26-20-12-15(2-3-17(18)20)19-6-9-25-23(27-19)24-8-5-14-1-4-21-16(11-14)7-10-30-21/h1-4,6-7,9-13,26H,5,8H2,(H,28,29)(H,24,25,27). The molecule has 5 aromatic rings. The van der Waals surface area contributed by atoms with Crippen LogP contribution in [0.25, 0.3) is 32.2 Å². The van der Waals surface area contributed by atoms with Crippen LogP contribution in [0.15, 0.2) is 66.3 Å². The van der Waals surface area contributed by atoms with Crippen LogP contribution in [0.2, 0.25) is 0 Å². The third-order valence-corrected chi connectivity index (χ3v) is 5.97. The van der Waals surface area contributed by atoms with Crippen LogP contribution in [-0.4, -0.2) is 32.6 Å². The first-order chi connectivity index (χ1) is 14.7. The van der Waals surface area contributed by atoms with E-state index in [1.165, 1.54) is 21.8 Å². The lowest BCUT2D eigenvalue weighted by atomic mass is 10.1. The summed E-state index contributed by atoms with van der Waals surface area (Å²) in [6.45, 7) is 0.733. The molecule has 0 amide bonds. The zero-order valence-corrected chi connectivity index (χ0v) is 16.7. The molecule has 30 heavy (non-hydrogen) atoms. The Morgan fingerprint density at radius 2 is 2.07 bits per heavy atom. The molecule has 5 rings (SSSR count). The Kier molecular flexibility index (Phi) is 4.65. The number of nitrogens with zero attached hydrogens (tertiary/aromatic N) is 2. The normalized spacial score (nSPS) is 11.2. The molecule has 0 spiro atoms. The summed E-state index contributed by atoms with van der Waals surface area (Å²) in [7, 11) is 0. The molecule has 6 nitrogen and oxygen atoms in total. The van der Waals surface area contributed by atoms with E-state index in [1.807, 2.05) is 18.2 Å². The number of aromatic amines is 1. The van der Waals surface area contributed by atoms with Crippen molar-refractivity contribution in [2.75, 3.05) is 11.9 Å². The van der Waals surface area contributed by atoms with Gasteiger partial charge in [0.15, 0.2) is 0 Å². The maximum absolute atomic E-state index is 11.3. The number of hydrogen-bond donors (Lipinski definition) is 3. The van der Waals surface area contributed by atoms with Gasteiger partial charge in [-0.3, -0.25) is 0 Å². The lowest BCUT2D eigenvalue weighted by molar-refractivity contribution is 0.0699. The van der Waals surface area contributed by atoms with Crippen LogP contribution in [0.1, 0.15) is 15.9 Å². The summed E-state index contributed by atoms with van der Waals surface area (Å²) in [5.41, 5.74) is 3.98. The highest BCUT2D eigenvalue weighted by atomic mass is 32.1. The molecule has 3 heterocycles. The average molecular weight is 414 g/mol. The Morgan fingerprint density at radius 1 is 1.13 bits per heavy atom. The number of anilines is 1. The van der Waals surface area contributed by atoms with Gasteiger partial charge in [0.2, 0.25) is 5.95 Å². The number of rotatable bonds is 6. The molecule has 148 valence electrons. The minimum atomic E-state index is -0.944. The van der Waals surface area contributed by atoms with Crippen molar-refractivity contribution in [3.05, 3.63) is 77.4 Å². The first-order valence-electron chi connectivity index (χ1n) is 9.55. The number of nitrogens with one attached hydrogen (secondary N) is 2. The molecule has 0 atom stereocenters. The van der Waals surface area contributed by atoms with E-state index in [1.54, 1.807) is 23.6 Å². The summed E-state index contributed by atoms with van der Waals surface area (Å²) in [6, 6.07) is 16.1. The van der Waals surface area contributed by atoms with E-state index < -0.39 is 5.97 Å². The second-order valence-electron chi connectivity index (χ2n) is 7.00. The summed E-state index contributed by atoms with van der Waals surface area (Å²) >= 11 is 1.75. The molecule has 0 aliphatic carbocycles. The zero-order chi connectivity index (χ0) is 20.5. The molecule has 0 radical (unpaired) electrons. The molecule has 0 bridgehead atoms. The third-order valence-electron chi connectivity index (χ3n) is 5.08. The lowest BCUT2D eigenvalue weighted by Gasteiger charge is -2.07. The number of carboxylic acids is 1. The summed E-state index contributed by atoms with van der Waals surface area (Å²) in [6.07, 6.45) is 4.12. The molecule has 3 aromatic heterocycles. The van der Waals surface area contributed by atoms with Crippen molar-refractivity contribution >= 4 is 44.2 Å². The van der Waals surface area contributed by atoms with Crippen LogP contribution in [0, 0.1) is 0 Å². The minimum absolute atomic E-state index is 0.266. The molecule has 0 aliphatic rings. The van der Waals surface area contributed by atoms with Crippen molar-refractivity contribution in [3.63, 3.8) is 0 Å². The van der Waals surface area contributed by atoms with Crippen molar-refractivity contribution in [2.24, 2.45) is 0 Å². The smallest absolute Gasteiger partial charge is 0.337 e. The van der Waals surface area contributed by atoms with E-state index >= 15 is 0 Å². The van der Waals surface area contributed by atoms with Crippen LogP contribution >= 0.6 is 11.3 Å². The molecule has 3 N–H and O–H groups in total. The third kappa shape index (κ3) is 3.51. The van der Waals surface area contributed by atoms with E-state index in [-0.39, 0.29) is 5.56 Å². The van der Waals surface area contributed by atoms with Crippen LogP contribution in [0.4, 0.5) is 5.95 Å². The molecule has 0 unspecified atom stereocenters. The highest BCUT2D eigenvalue weighted by Crippen LogP contribution is 2.25. The zero-order valence-electron chi connectivity index (χ0n) is 15.9. The SMILES string of the molecule is O=C(O)c1c[nH]c2cc(-c3ccnc(NCCc4ccc5sccc5c4)n3)ccc12. The maximum Gasteiger partial charge on any atom is 0.337 e. The highest BCUT2D eigenvalue weighted by molar-refractivity contribution is 7.17. The van der Waals surface area contributed by atoms with E-state index in [0.717, 1.165) is 29.7 Å². The second-order valence-corrected chi connectivity index (χ2v) is 7.95. The number of thiophene rings is 1. The van der Waals surface area contributed by atoms with E-state index in [9.17, 15) is 9.90 Å². The summed E-state index contributed by atoms with van der Waals surface area (Å²) in [5.74, 6) is -0.373. The Bertz CT molecular complexity index is 1370. The van der Waals surface area contributed by atoms with Gasteiger partial charge in [-0.1, -0.05) is 24.3 Å². The quantitative estimate of drug-likeness (QED) is 0.356. The van der Waals surface area contributed by atoms with Crippen molar-refractivity contribution in [1.29, 1.82) is 0 Å². The van der Waals surface area contributed by atoms with E-state index in [4.69, 9.17) is 0 Å². The summed E-state index contributed by atoms with van der Waals surface area (Å²) in [4.78, 5) is 23.2. The number of carbonyl (C=O) groups is 1. The monoisotopic (exact) mass is 414 g/mol. The largest absolute Gasteiger partial charge is 0.478 e. The predicted octanol–water partition coefficient (Wildman–Crippen LogP) is 5.19. The molecule has 0 saturated carbocycles. The minimum Gasteiger partial charge on any atom is -0.478 e. The molecular formula is C23H18N4O2S. The molecule has 2 aromatic carbocycles. The number of hydrogen-bond acceptors (Lipinski definition) is 5. The number of fused-ring (bicyclic) bond motifs is 2. The fraction of sp³-hybridized carbons (Fsp3) is 0.0870. The molecule has 0 fully saturated rings. The number of aromatic carboxylic acids is 1. The van der Waals surface area contributed by atoms with Crippen molar-refractivity contribution in [3.8, 4) is 11.3 Å². The fourth-order valence-electron chi connectivity index (χ4n) is 3.56. The van der Waals surface area contributed by atoms with Gasteiger partial charge in [0, 0.05) is 40.1 Å². The first kappa shape index (κ1) is 18.3. The highest BCUT2D eigenvalue weighted by Gasteiger charge is 2.11. The van der Waals surface area contributed by atoms with Gasteiger partial charge in [0.25, 0.3) is 0 Å². The number of carboxylic acid groups (broad SMARTS) is 1. The Balaban J connectivity index is 1.31.